The predicted octanol–water partition coefficient (Wildman–Crippen LogP) is 4.65. The number of rotatable bonds is 9. The lowest BCUT2D eigenvalue weighted by molar-refractivity contribution is -0.144. The lowest BCUT2D eigenvalue weighted by atomic mass is 10.1. The van der Waals surface area contributed by atoms with Gasteiger partial charge in [0.25, 0.3) is 0 Å². The number of hydrogen-bond donors (Lipinski definition) is 0. The quantitative estimate of drug-likeness (QED) is 0.346. The maximum Gasteiger partial charge on any atom is 0.310 e. The monoisotopic (exact) mass is 454 g/mol. The summed E-state index contributed by atoms with van der Waals surface area (Å²) in [5.41, 5.74) is 1.77. The molecule has 3 aromatic rings. The van der Waals surface area contributed by atoms with Crippen LogP contribution >= 0.6 is 11.8 Å². The van der Waals surface area contributed by atoms with Gasteiger partial charge in [0.15, 0.2) is 9.84 Å². The van der Waals surface area contributed by atoms with Crippen LogP contribution in [0.15, 0.2) is 83.8 Å². The summed E-state index contributed by atoms with van der Waals surface area (Å²) in [6, 6.07) is 23.2. The molecule has 0 N–H and O–H groups in total. The molecule has 7 heteroatoms. The number of ether oxygens (including phenoxy) is 2. The van der Waals surface area contributed by atoms with Crippen molar-refractivity contribution in [3.8, 4) is 11.5 Å². The molecule has 1 heterocycles. The third-order valence-corrected chi connectivity index (χ3v) is 7.75. The van der Waals surface area contributed by atoms with Gasteiger partial charge in [-0.3, -0.25) is 4.79 Å². The smallest absolute Gasteiger partial charge is 0.310 e. The molecule has 1 saturated heterocycles. The van der Waals surface area contributed by atoms with Gasteiger partial charge < -0.3 is 9.47 Å². The highest BCUT2D eigenvalue weighted by atomic mass is 32.2. The van der Waals surface area contributed by atoms with E-state index in [1.807, 2.05) is 42.5 Å². The van der Waals surface area contributed by atoms with E-state index in [1.54, 1.807) is 48.2 Å². The number of hydrogen-bond acceptors (Lipinski definition) is 6. The molecule has 160 valence electrons. The number of sulfone groups is 1. The van der Waals surface area contributed by atoms with Crippen molar-refractivity contribution in [3.05, 3.63) is 90.0 Å². The molecule has 1 atom stereocenters. The van der Waals surface area contributed by atoms with Gasteiger partial charge >= 0.3 is 5.97 Å². The molecule has 0 radical (unpaired) electrons. The highest BCUT2D eigenvalue weighted by Crippen LogP contribution is 2.33. The van der Waals surface area contributed by atoms with Crippen LogP contribution in [0.3, 0.4) is 0 Å². The first kappa shape index (κ1) is 21.5. The van der Waals surface area contributed by atoms with Crippen LogP contribution in [-0.4, -0.2) is 31.1 Å². The molecule has 1 unspecified atom stereocenters. The van der Waals surface area contributed by atoms with E-state index in [0.29, 0.717) is 16.4 Å². The van der Waals surface area contributed by atoms with E-state index in [1.165, 1.54) is 0 Å². The normalized spacial score (nSPS) is 15.3. The molecule has 0 spiro atoms. The molecular formula is C24H22O5S2. The summed E-state index contributed by atoms with van der Waals surface area (Å²) in [5, 5.41) is 0.232. The fourth-order valence-electron chi connectivity index (χ4n) is 2.99. The molecule has 31 heavy (non-hydrogen) atoms. The van der Waals surface area contributed by atoms with Gasteiger partial charge in [-0.05, 0) is 47.5 Å². The minimum absolute atomic E-state index is 0.180. The summed E-state index contributed by atoms with van der Waals surface area (Å²) in [4.78, 5) is 12.4. The fraction of sp³-hybridized carbons (Fsp3) is 0.208. The summed E-state index contributed by atoms with van der Waals surface area (Å²) in [5.74, 6) is 1.97. The van der Waals surface area contributed by atoms with Gasteiger partial charge in [0.05, 0.1) is 17.1 Å². The van der Waals surface area contributed by atoms with E-state index in [-0.39, 0.29) is 30.0 Å². The zero-order chi connectivity index (χ0) is 21.7. The Balaban J connectivity index is 1.29. The van der Waals surface area contributed by atoms with E-state index < -0.39 is 9.84 Å². The van der Waals surface area contributed by atoms with Gasteiger partial charge in [-0.15, -0.1) is 0 Å². The predicted molar refractivity (Wildman–Crippen MR) is 121 cm³/mol. The first-order valence-electron chi connectivity index (χ1n) is 9.89. The van der Waals surface area contributed by atoms with Crippen molar-refractivity contribution in [1.82, 2.24) is 0 Å². The second-order valence-electron chi connectivity index (χ2n) is 7.28. The summed E-state index contributed by atoms with van der Waals surface area (Å²) in [7, 11) is -3.25. The van der Waals surface area contributed by atoms with Crippen LogP contribution in [0.4, 0.5) is 0 Å². The molecule has 0 amide bonds. The molecule has 0 aliphatic carbocycles. The second-order valence-corrected chi connectivity index (χ2v) is 10.6. The lowest BCUT2D eigenvalue weighted by Crippen LogP contribution is -2.10. The Labute approximate surface area is 186 Å². The van der Waals surface area contributed by atoms with Crippen LogP contribution in [-0.2, 0) is 32.4 Å². The molecule has 0 saturated carbocycles. The van der Waals surface area contributed by atoms with Crippen LogP contribution in [0, 0.1) is 0 Å². The van der Waals surface area contributed by atoms with Crippen LogP contribution in [0.2, 0.25) is 0 Å². The zero-order valence-corrected chi connectivity index (χ0v) is 18.4. The highest BCUT2D eigenvalue weighted by Gasteiger charge is 2.29. The van der Waals surface area contributed by atoms with E-state index in [2.05, 4.69) is 0 Å². The Hall–Kier alpha value is -2.77. The van der Waals surface area contributed by atoms with Gasteiger partial charge in [0.1, 0.15) is 18.1 Å². The van der Waals surface area contributed by atoms with Crippen molar-refractivity contribution in [2.75, 3.05) is 11.5 Å². The molecule has 1 aliphatic rings. The van der Waals surface area contributed by atoms with Crippen LogP contribution in [0.5, 0.6) is 11.5 Å². The first-order valence-corrected chi connectivity index (χ1v) is 12.6. The number of esters is 1. The summed E-state index contributed by atoms with van der Waals surface area (Å²) >= 11 is 1.67. The van der Waals surface area contributed by atoms with E-state index in [4.69, 9.17) is 9.47 Å². The van der Waals surface area contributed by atoms with Crippen molar-refractivity contribution < 1.29 is 22.7 Å². The number of carbonyl (C=O) groups is 1. The third kappa shape index (κ3) is 6.35. The second kappa shape index (κ2) is 9.58. The van der Waals surface area contributed by atoms with Crippen molar-refractivity contribution in [3.63, 3.8) is 0 Å². The Morgan fingerprint density at radius 2 is 1.48 bits per heavy atom. The summed E-state index contributed by atoms with van der Waals surface area (Å²) in [6.07, 6.45) is 0.180. The average molecular weight is 455 g/mol. The van der Waals surface area contributed by atoms with Crippen LogP contribution < -0.4 is 4.74 Å². The van der Waals surface area contributed by atoms with Crippen molar-refractivity contribution in [2.24, 2.45) is 0 Å². The van der Waals surface area contributed by atoms with Crippen molar-refractivity contribution >= 4 is 27.6 Å². The topological polar surface area (TPSA) is 69.7 Å². The fourth-order valence-corrected chi connectivity index (χ4v) is 5.66. The molecule has 5 nitrogen and oxygen atoms in total. The van der Waals surface area contributed by atoms with Gasteiger partial charge in [-0.25, -0.2) is 8.42 Å². The van der Waals surface area contributed by atoms with E-state index in [9.17, 15) is 13.2 Å². The Kier molecular flexibility index (Phi) is 6.63. The number of thioether (sulfide) groups is 1. The maximum atomic E-state index is 12.3. The zero-order valence-electron chi connectivity index (χ0n) is 16.8. The SMILES string of the molecule is O=C(Cc1ccc(Oc2ccc(S(=O)(=O)CC3CS3)cc2)cc1)OCc1ccccc1. The van der Waals surface area contributed by atoms with Crippen molar-refractivity contribution in [2.45, 2.75) is 23.2 Å². The Morgan fingerprint density at radius 3 is 2.10 bits per heavy atom. The standard InChI is InChI=1S/C24H22O5S2/c25-24(28-15-19-4-2-1-3-5-19)14-18-6-8-20(9-7-18)29-21-10-12-23(13-11-21)31(26,27)17-22-16-30-22/h1-13,22H,14-17H2. The number of carbonyl (C=O) groups excluding carboxylic acids is 1. The Morgan fingerprint density at radius 1 is 0.871 bits per heavy atom. The lowest BCUT2D eigenvalue weighted by Gasteiger charge is -2.09. The largest absolute Gasteiger partial charge is 0.461 e. The minimum Gasteiger partial charge on any atom is -0.461 e. The first-order chi connectivity index (χ1) is 15.0. The van der Waals surface area contributed by atoms with E-state index >= 15 is 0 Å². The molecule has 0 aromatic heterocycles. The molecule has 3 aromatic carbocycles. The average Bonchev–Trinajstić information content (AvgIpc) is 3.58. The van der Waals surface area contributed by atoms with Gasteiger partial charge in [-0.2, -0.15) is 11.8 Å². The summed E-state index contributed by atoms with van der Waals surface area (Å²) in [6.45, 7) is 0.256. The number of benzene rings is 3. The van der Waals surface area contributed by atoms with Gasteiger partial charge in [-0.1, -0.05) is 42.5 Å². The van der Waals surface area contributed by atoms with E-state index in [0.717, 1.165) is 16.9 Å². The Bertz CT molecular complexity index is 1120. The molecule has 4 rings (SSSR count). The molecule has 0 bridgehead atoms. The molecule has 1 fully saturated rings. The van der Waals surface area contributed by atoms with Crippen LogP contribution in [0.1, 0.15) is 11.1 Å². The molecular weight excluding hydrogens is 432 g/mol. The third-order valence-electron chi connectivity index (χ3n) is 4.74. The van der Waals surface area contributed by atoms with Gasteiger partial charge in [0, 0.05) is 11.0 Å². The molecule has 1 aliphatic heterocycles. The minimum atomic E-state index is -3.25. The van der Waals surface area contributed by atoms with Crippen LogP contribution in [0.25, 0.3) is 0 Å². The maximum absolute atomic E-state index is 12.3. The van der Waals surface area contributed by atoms with Crippen molar-refractivity contribution in [1.29, 1.82) is 0 Å². The van der Waals surface area contributed by atoms with Gasteiger partial charge in [0.2, 0.25) is 0 Å². The summed E-state index contributed by atoms with van der Waals surface area (Å²) < 4.78 is 35.7. The highest BCUT2D eigenvalue weighted by molar-refractivity contribution is 8.08.